The van der Waals surface area contributed by atoms with E-state index in [1.807, 2.05) is 19.1 Å². The predicted octanol–water partition coefficient (Wildman–Crippen LogP) is 6.84. The lowest BCUT2D eigenvalue weighted by molar-refractivity contribution is -0.143. The number of carbonyl (C=O) groups is 1. The van der Waals surface area contributed by atoms with E-state index in [0.717, 1.165) is 16.9 Å². The third-order valence-corrected chi connectivity index (χ3v) is 6.88. The van der Waals surface area contributed by atoms with Crippen LogP contribution in [-0.4, -0.2) is 40.6 Å². The van der Waals surface area contributed by atoms with E-state index in [1.165, 1.54) is 18.6 Å². The Balaban J connectivity index is 1.92. The van der Waals surface area contributed by atoms with E-state index in [2.05, 4.69) is 4.98 Å². The minimum atomic E-state index is -5.13. The lowest BCUT2D eigenvalue weighted by Gasteiger charge is -2.31. The first kappa shape index (κ1) is 30.8. The van der Waals surface area contributed by atoms with Gasteiger partial charge in [0.05, 0.1) is 40.4 Å². The van der Waals surface area contributed by atoms with Gasteiger partial charge in [-0.2, -0.15) is 26.3 Å². The summed E-state index contributed by atoms with van der Waals surface area (Å²) in [7, 11) is 1.33. The van der Waals surface area contributed by atoms with E-state index in [0.29, 0.717) is 23.3 Å². The van der Waals surface area contributed by atoms with Gasteiger partial charge < -0.3 is 9.64 Å². The molecule has 1 unspecified atom stereocenters. The second kappa shape index (κ2) is 12.0. The number of hydrogen-bond donors (Lipinski definition) is 0. The molecule has 1 atom stereocenters. The highest BCUT2D eigenvalue weighted by atomic mass is 19.4. The number of carbonyl (C=O) groups excluding carboxylic acids is 1. The predicted molar refractivity (Wildman–Crippen MR) is 144 cm³/mol. The zero-order valence-corrected chi connectivity index (χ0v) is 22.9. The highest BCUT2D eigenvalue weighted by Gasteiger charge is 2.38. The Morgan fingerprint density at radius 1 is 0.952 bits per heavy atom. The Kier molecular flexibility index (Phi) is 8.76. The van der Waals surface area contributed by atoms with Crippen molar-refractivity contribution >= 4 is 16.8 Å². The molecule has 0 N–H and O–H groups in total. The molecule has 0 aliphatic heterocycles. The van der Waals surface area contributed by atoms with Gasteiger partial charge >= 0.3 is 12.4 Å². The van der Waals surface area contributed by atoms with Crippen molar-refractivity contribution in [3.05, 3.63) is 105 Å². The number of hydrogen-bond acceptors (Lipinski definition) is 4. The minimum absolute atomic E-state index is 0.0395. The molecule has 0 aliphatic rings. The Labute approximate surface area is 237 Å². The highest BCUT2D eigenvalue weighted by molar-refractivity contribution is 5.95. The summed E-state index contributed by atoms with van der Waals surface area (Å²) in [5.41, 5.74) is -2.77. The van der Waals surface area contributed by atoms with Gasteiger partial charge in [-0.25, -0.2) is 4.98 Å². The third-order valence-electron chi connectivity index (χ3n) is 6.88. The lowest BCUT2D eigenvalue weighted by Crippen LogP contribution is -2.39. The smallest absolute Gasteiger partial charge is 0.383 e. The number of alkyl halides is 6. The molecule has 0 radical (unpaired) electrons. The molecule has 0 fully saturated rings. The van der Waals surface area contributed by atoms with Crippen LogP contribution in [0.5, 0.6) is 0 Å². The molecule has 0 saturated heterocycles. The molecule has 4 aromatic rings. The van der Waals surface area contributed by atoms with E-state index in [-0.39, 0.29) is 30.4 Å². The maximum atomic E-state index is 13.7. The summed E-state index contributed by atoms with van der Waals surface area (Å²) in [4.78, 5) is 33.2. The number of aryl methyl sites for hydroxylation is 1. The van der Waals surface area contributed by atoms with Gasteiger partial charge in [0.1, 0.15) is 5.82 Å². The standard InChI is InChI=1S/C30H27F6N3O3/c1-4-19-9-11-23(12-10-19)39-26(37-25-8-6-5-7-24(25)28(39)41)18(2)38(13-14-42-3)27(40)20-15-21(29(31,32)33)17-22(16-20)30(34,35)36/h5-12,15-18H,4,13-14H2,1-3H3. The molecule has 1 heterocycles. The third kappa shape index (κ3) is 6.33. The van der Waals surface area contributed by atoms with Crippen LogP contribution in [-0.2, 0) is 23.5 Å². The number of methoxy groups -OCH3 is 1. The summed E-state index contributed by atoms with van der Waals surface area (Å²) in [6.07, 6.45) is -9.53. The largest absolute Gasteiger partial charge is 0.416 e. The monoisotopic (exact) mass is 591 g/mol. The fourth-order valence-electron chi connectivity index (χ4n) is 4.60. The van der Waals surface area contributed by atoms with Gasteiger partial charge in [0, 0.05) is 19.2 Å². The second-order valence-electron chi connectivity index (χ2n) is 9.61. The van der Waals surface area contributed by atoms with Crippen molar-refractivity contribution < 1.29 is 35.9 Å². The number of nitrogens with zero attached hydrogens (tertiary/aromatic N) is 3. The van der Waals surface area contributed by atoms with E-state index >= 15 is 0 Å². The summed E-state index contributed by atoms with van der Waals surface area (Å²) in [5.74, 6) is -1.05. The Morgan fingerprint density at radius 3 is 2.10 bits per heavy atom. The summed E-state index contributed by atoms with van der Waals surface area (Å²) in [6.45, 7) is 3.15. The van der Waals surface area contributed by atoms with Crippen LogP contribution in [0.2, 0.25) is 0 Å². The average molecular weight is 592 g/mol. The van der Waals surface area contributed by atoms with E-state index in [4.69, 9.17) is 4.74 Å². The molecule has 42 heavy (non-hydrogen) atoms. The fraction of sp³-hybridized carbons (Fsp3) is 0.300. The van der Waals surface area contributed by atoms with Crippen LogP contribution in [0.15, 0.2) is 71.5 Å². The SMILES string of the molecule is CCc1ccc(-n2c(C(C)N(CCOC)C(=O)c3cc(C(F)(F)F)cc(C(F)(F)F)c3)nc3ccccc3c2=O)cc1. The van der Waals surface area contributed by atoms with Crippen LogP contribution >= 0.6 is 0 Å². The van der Waals surface area contributed by atoms with E-state index in [1.54, 1.807) is 36.4 Å². The zero-order valence-electron chi connectivity index (χ0n) is 22.9. The first-order valence-corrected chi connectivity index (χ1v) is 13.0. The summed E-state index contributed by atoms with van der Waals surface area (Å²) in [5, 5.41) is 0.287. The van der Waals surface area contributed by atoms with E-state index in [9.17, 15) is 35.9 Å². The van der Waals surface area contributed by atoms with Gasteiger partial charge in [-0.05, 0) is 61.4 Å². The minimum Gasteiger partial charge on any atom is -0.383 e. The van der Waals surface area contributed by atoms with Gasteiger partial charge in [-0.3, -0.25) is 14.2 Å². The number of aromatic nitrogens is 2. The van der Waals surface area contributed by atoms with Crippen LogP contribution in [0.25, 0.3) is 16.6 Å². The van der Waals surface area contributed by atoms with Gasteiger partial charge in [-0.15, -0.1) is 0 Å². The van der Waals surface area contributed by atoms with Gasteiger partial charge in [0.2, 0.25) is 0 Å². The first-order chi connectivity index (χ1) is 19.8. The quantitative estimate of drug-likeness (QED) is 0.211. The molecular weight excluding hydrogens is 564 g/mol. The molecule has 12 heteroatoms. The molecule has 1 amide bonds. The molecule has 3 aromatic carbocycles. The number of ether oxygens (including phenoxy) is 1. The van der Waals surface area contributed by atoms with Crippen LogP contribution in [0, 0.1) is 0 Å². The van der Waals surface area contributed by atoms with Crippen LogP contribution in [0.3, 0.4) is 0 Å². The van der Waals surface area contributed by atoms with Crippen molar-refractivity contribution in [1.29, 1.82) is 0 Å². The Bertz CT molecular complexity index is 1610. The summed E-state index contributed by atoms with van der Waals surface area (Å²) in [6, 6.07) is 13.2. The molecule has 1 aromatic heterocycles. The number of para-hydroxylation sites is 1. The van der Waals surface area contributed by atoms with Crippen molar-refractivity contribution in [2.45, 2.75) is 38.7 Å². The lowest BCUT2D eigenvalue weighted by atomic mass is 10.0. The van der Waals surface area contributed by atoms with Gasteiger partial charge in [-0.1, -0.05) is 31.2 Å². The van der Waals surface area contributed by atoms with Crippen molar-refractivity contribution in [2.75, 3.05) is 20.3 Å². The molecule has 6 nitrogen and oxygen atoms in total. The Hall–Kier alpha value is -4.19. The average Bonchev–Trinajstić information content (AvgIpc) is 2.96. The molecule has 0 saturated carbocycles. The topological polar surface area (TPSA) is 64.4 Å². The molecule has 0 aliphatic carbocycles. The normalized spacial score (nSPS) is 12.9. The van der Waals surface area contributed by atoms with Crippen molar-refractivity contribution in [2.24, 2.45) is 0 Å². The van der Waals surface area contributed by atoms with Gasteiger partial charge in [0.15, 0.2) is 0 Å². The number of benzene rings is 3. The number of rotatable bonds is 8. The van der Waals surface area contributed by atoms with Crippen molar-refractivity contribution in [1.82, 2.24) is 14.5 Å². The first-order valence-electron chi connectivity index (χ1n) is 13.0. The second-order valence-corrected chi connectivity index (χ2v) is 9.61. The summed E-state index contributed by atoms with van der Waals surface area (Å²) < 4.78 is 87.7. The Morgan fingerprint density at radius 2 is 1.55 bits per heavy atom. The molecular formula is C30H27F6N3O3. The fourth-order valence-corrected chi connectivity index (χ4v) is 4.60. The highest BCUT2D eigenvalue weighted by Crippen LogP contribution is 2.37. The zero-order chi connectivity index (χ0) is 30.8. The molecule has 0 spiro atoms. The van der Waals surface area contributed by atoms with Crippen molar-refractivity contribution in [3.63, 3.8) is 0 Å². The molecule has 0 bridgehead atoms. The van der Waals surface area contributed by atoms with Crippen LogP contribution in [0.4, 0.5) is 26.3 Å². The maximum absolute atomic E-state index is 13.7. The number of fused-ring (bicyclic) bond motifs is 1. The molecule has 222 valence electrons. The number of halogens is 6. The van der Waals surface area contributed by atoms with Crippen LogP contribution < -0.4 is 5.56 Å². The number of amides is 1. The van der Waals surface area contributed by atoms with Gasteiger partial charge in [0.25, 0.3) is 11.5 Å². The maximum Gasteiger partial charge on any atom is 0.416 e. The van der Waals surface area contributed by atoms with E-state index < -0.39 is 46.6 Å². The molecule has 4 rings (SSSR count). The summed E-state index contributed by atoms with van der Waals surface area (Å²) >= 11 is 0. The van der Waals surface area contributed by atoms with Crippen molar-refractivity contribution in [3.8, 4) is 5.69 Å². The van der Waals surface area contributed by atoms with Crippen LogP contribution in [0.1, 0.15) is 52.8 Å².